The molecule has 5 heteroatoms. The standard InChI is InChI=1S/C18H19N3O2/c1-3-21-12-15(18(20-21)23-4-2)17(22)19-16-11-7-9-13-8-5-6-10-14(13)16/h5-12H,3-4H2,1-2H3,(H,19,22). The van der Waals surface area contributed by atoms with Crippen LogP contribution in [0.2, 0.25) is 0 Å². The van der Waals surface area contributed by atoms with E-state index in [-0.39, 0.29) is 5.91 Å². The van der Waals surface area contributed by atoms with Crippen LogP contribution < -0.4 is 10.1 Å². The van der Waals surface area contributed by atoms with Gasteiger partial charge in [0.05, 0.1) is 6.61 Å². The summed E-state index contributed by atoms with van der Waals surface area (Å²) in [4.78, 5) is 12.6. The van der Waals surface area contributed by atoms with Crippen molar-refractivity contribution in [2.24, 2.45) is 0 Å². The number of anilines is 1. The maximum Gasteiger partial charge on any atom is 0.262 e. The number of ether oxygens (including phenoxy) is 1. The highest BCUT2D eigenvalue weighted by Crippen LogP contribution is 2.25. The minimum absolute atomic E-state index is 0.218. The molecule has 1 aromatic heterocycles. The topological polar surface area (TPSA) is 56.2 Å². The van der Waals surface area contributed by atoms with Gasteiger partial charge in [-0.3, -0.25) is 9.48 Å². The van der Waals surface area contributed by atoms with Gasteiger partial charge in [-0.25, -0.2) is 0 Å². The largest absolute Gasteiger partial charge is 0.476 e. The van der Waals surface area contributed by atoms with E-state index in [4.69, 9.17) is 4.74 Å². The lowest BCUT2D eigenvalue weighted by molar-refractivity contribution is 0.102. The number of rotatable bonds is 5. The first-order chi connectivity index (χ1) is 11.2. The summed E-state index contributed by atoms with van der Waals surface area (Å²) >= 11 is 0. The van der Waals surface area contributed by atoms with Crippen molar-refractivity contribution in [3.63, 3.8) is 0 Å². The summed E-state index contributed by atoms with van der Waals surface area (Å²) in [5, 5.41) is 9.33. The summed E-state index contributed by atoms with van der Waals surface area (Å²) in [7, 11) is 0. The van der Waals surface area contributed by atoms with Crippen molar-refractivity contribution in [2.45, 2.75) is 20.4 Å². The van der Waals surface area contributed by atoms with Crippen molar-refractivity contribution in [3.05, 3.63) is 54.2 Å². The van der Waals surface area contributed by atoms with E-state index in [0.29, 0.717) is 24.6 Å². The molecule has 0 radical (unpaired) electrons. The van der Waals surface area contributed by atoms with Crippen LogP contribution in [-0.4, -0.2) is 22.3 Å². The quantitative estimate of drug-likeness (QED) is 0.781. The molecule has 118 valence electrons. The van der Waals surface area contributed by atoms with Crippen LogP contribution in [0.15, 0.2) is 48.7 Å². The number of fused-ring (bicyclic) bond motifs is 1. The van der Waals surface area contributed by atoms with Crippen LogP contribution in [0.4, 0.5) is 5.69 Å². The highest BCUT2D eigenvalue weighted by molar-refractivity contribution is 6.10. The minimum Gasteiger partial charge on any atom is -0.476 e. The Balaban J connectivity index is 1.93. The smallest absolute Gasteiger partial charge is 0.262 e. The molecule has 0 fully saturated rings. The third-order valence-electron chi connectivity index (χ3n) is 3.62. The van der Waals surface area contributed by atoms with Gasteiger partial charge in [0.1, 0.15) is 5.56 Å². The molecule has 23 heavy (non-hydrogen) atoms. The minimum atomic E-state index is -0.218. The maximum absolute atomic E-state index is 12.6. The fourth-order valence-electron chi connectivity index (χ4n) is 2.49. The van der Waals surface area contributed by atoms with Gasteiger partial charge in [0.2, 0.25) is 5.88 Å². The number of carbonyl (C=O) groups is 1. The van der Waals surface area contributed by atoms with Crippen LogP contribution in [0.25, 0.3) is 10.8 Å². The van der Waals surface area contributed by atoms with Crippen molar-refractivity contribution in [1.82, 2.24) is 9.78 Å². The van der Waals surface area contributed by atoms with E-state index in [2.05, 4.69) is 10.4 Å². The molecule has 0 saturated carbocycles. The number of hydrogen-bond acceptors (Lipinski definition) is 3. The van der Waals surface area contributed by atoms with E-state index < -0.39 is 0 Å². The summed E-state index contributed by atoms with van der Waals surface area (Å²) in [6.07, 6.45) is 1.71. The first-order valence-electron chi connectivity index (χ1n) is 7.72. The van der Waals surface area contributed by atoms with Crippen molar-refractivity contribution in [2.75, 3.05) is 11.9 Å². The number of nitrogens with zero attached hydrogens (tertiary/aromatic N) is 2. The Morgan fingerprint density at radius 2 is 1.96 bits per heavy atom. The van der Waals surface area contributed by atoms with Crippen LogP contribution in [0.5, 0.6) is 5.88 Å². The molecule has 0 atom stereocenters. The number of aromatic nitrogens is 2. The lowest BCUT2D eigenvalue weighted by atomic mass is 10.1. The molecule has 1 heterocycles. The van der Waals surface area contributed by atoms with Crippen LogP contribution >= 0.6 is 0 Å². The molecule has 1 amide bonds. The van der Waals surface area contributed by atoms with Gasteiger partial charge in [-0.05, 0) is 25.3 Å². The average molecular weight is 309 g/mol. The Labute approximate surface area is 134 Å². The Hall–Kier alpha value is -2.82. The molecular formula is C18H19N3O2. The molecular weight excluding hydrogens is 290 g/mol. The van der Waals surface area contributed by atoms with E-state index >= 15 is 0 Å². The summed E-state index contributed by atoms with van der Waals surface area (Å²) in [5.74, 6) is 0.150. The van der Waals surface area contributed by atoms with Crippen molar-refractivity contribution in [3.8, 4) is 5.88 Å². The highest BCUT2D eigenvalue weighted by Gasteiger charge is 2.18. The molecule has 0 aliphatic carbocycles. The third-order valence-corrected chi connectivity index (χ3v) is 3.62. The molecule has 3 rings (SSSR count). The van der Waals surface area contributed by atoms with Gasteiger partial charge in [-0.2, -0.15) is 0 Å². The van der Waals surface area contributed by atoms with E-state index in [9.17, 15) is 4.79 Å². The summed E-state index contributed by atoms with van der Waals surface area (Å²) in [6, 6.07) is 13.8. The van der Waals surface area contributed by atoms with E-state index in [1.54, 1.807) is 10.9 Å². The first kappa shape index (κ1) is 15.1. The van der Waals surface area contributed by atoms with Gasteiger partial charge in [0.15, 0.2) is 0 Å². The number of nitrogens with one attached hydrogen (secondary N) is 1. The van der Waals surface area contributed by atoms with Crippen molar-refractivity contribution in [1.29, 1.82) is 0 Å². The van der Waals surface area contributed by atoms with Gasteiger partial charge < -0.3 is 10.1 Å². The molecule has 0 spiro atoms. The van der Waals surface area contributed by atoms with Gasteiger partial charge in [0.25, 0.3) is 5.91 Å². The summed E-state index contributed by atoms with van der Waals surface area (Å²) in [6.45, 7) is 4.99. The molecule has 1 N–H and O–H groups in total. The molecule has 0 aliphatic rings. The van der Waals surface area contributed by atoms with Gasteiger partial charge in [-0.15, -0.1) is 5.10 Å². The van der Waals surface area contributed by atoms with Crippen molar-refractivity contribution >= 4 is 22.4 Å². The number of amides is 1. The molecule has 0 aliphatic heterocycles. The number of hydrogen-bond donors (Lipinski definition) is 1. The predicted molar refractivity (Wildman–Crippen MR) is 91.0 cm³/mol. The summed E-state index contributed by atoms with van der Waals surface area (Å²) in [5.41, 5.74) is 1.22. The van der Waals surface area contributed by atoms with E-state index in [0.717, 1.165) is 16.5 Å². The second-order valence-electron chi connectivity index (χ2n) is 5.12. The Bertz CT molecular complexity index is 834. The number of benzene rings is 2. The normalized spacial score (nSPS) is 10.7. The molecule has 0 bridgehead atoms. The third kappa shape index (κ3) is 3.04. The molecule has 5 nitrogen and oxygen atoms in total. The van der Waals surface area contributed by atoms with Gasteiger partial charge in [0, 0.05) is 23.8 Å². The van der Waals surface area contributed by atoms with Gasteiger partial charge >= 0.3 is 0 Å². The molecule has 2 aromatic carbocycles. The average Bonchev–Trinajstić information content (AvgIpc) is 2.99. The maximum atomic E-state index is 12.6. The molecule has 3 aromatic rings. The van der Waals surface area contributed by atoms with Crippen LogP contribution in [0, 0.1) is 0 Å². The fraction of sp³-hybridized carbons (Fsp3) is 0.222. The molecule has 0 saturated heterocycles. The molecule has 0 unspecified atom stereocenters. The SMILES string of the molecule is CCOc1nn(CC)cc1C(=O)Nc1cccc2ccccc12. The lowest BCUT2D eigenvalue weighted by Gasteiger charge is -2.08. The van der Waals surface area contributed by atoms with E-state index in [1.165, 1.54) is 0 Å². The zero-order chi connectivity index (χ0) is 16.2. The van der Waals surface area contributed by atoms with Gasteiger partial charge in [-0.1, -0.05) is 36.4 Å². The second-order valence-corrected chi connectivity index (χ2v) is 5.12. The number of carbonyl (C=O) groups excluding carboxylic acids is 1. The van der Waals surface area contributed by atoms with Crippen LogP contribution in [-0.2, 0) is 6.54 Å². The summed E-state index contributed by atoms with van der Waals surface area (Å²) < 4.78 is 7.17. The Kier molecular flexibility index (Phi) is 4.28. The van der Waals surface area contributed by atoms with Crippen LogP contribution in [0.3, 0.4) is 0 Å². The van der Waals surface area contributed by atoms with Crippen molar-refractivity contribution < 1.29 is 9.53 Å². The lowest BCUT2D eigenvalue weighted by Crippen LogP contribution is -2.13. The van der Waals surface area contributed by atoms with Crippen LogP contribution in [0.1, 0.15) is 24.2 Å². The zero-order valence-corrected chi connectivity index (χ0v) is 13.2. The number of aryl methyl sites for hydroxylation is 1. The highest BCUT2D eigenvalue weighted by atomic mass is 16.5. The zero-order valence-electron chi connectivity index (χ0n) is 13.2. The predicted octanol–water partition coefficient (Wildman–Crippen LogP) is 3.71. The second kappa shape index (κ2) is 6.52. The first-order valence-corrected chi connectivity index (χ1v) is 7.72. The fourth-order valence-corrected chi connectivity index (χ4v) is 2.49. The Morgan fingerprint density at radius 1 is 1.17 bits per heavy atom. The Morgan fingerprint density at radius 3 is 2.74 bits per heavy atom. The monoisotopic (exact) mass is 309 g/mol. The van der Waals surface area contributed by atoms with E-state index in [1.807, 2.05) is 56.3 Å².